The normalized spacial score (nSPS) is 21.3. The monoisotopic (exact) mass is 446 g/mol. The molecule has 2 aliphatic heterocycles. The van der Waals surface area contributed by atoms with E-state index in [0.717, 1.165) is 0 Å². The van der Waals surface area contributed by atoms with E-state index in [2.05, 4.69) is 4.98 Å². The largest absolute Gasteiger partial charge is 0.444 e. The SMILES string of the molecule is CC(C)(C)OC(=O)N1[C@@H]2CC[C@H]1C(S(=O)(=O)c1ccccc1)=C2c1ccc(Cl)nc1. The van der Waals surface area contributed by atoms with Gasteiger partial charge >= 0.3 is 6.09 Å². The minimum Gasteiger partial charge on any atom is -0.444 e. The Morgan fingerprint density at radius 3 is 2.37 bits per heavy atom. The minimum absolute atomic E-state index is 0.205. The fraction of sp³-hybridized carbons (Fsp3) is 0.364. The first-order valence-corrected chi connectivity index (χ1v) is 11.6. The van der Waals surface area contributed by atoms with Crippen molar-refractivity contribution >= 4 is 33.1 Å². The lowest BCUT2D eigenvalue weighted by molar-refractivity contribution is 0.0234. The Bertz CT molecular complexity index is 1110. The first-order chi connectivity index (χ1) is 14.1. The number of aromatic nitrogens is 1. The van der Waals surface area contributed by atoms with Crippen molar-refractivity contribution < 1.29 is 17.9 Å². The highest BCUT2D eigenvalue weighted by Crippen LogP contribution is 2.50. The van der Waals surface area contributed by atoms with Crippen molar-refractivity contribution in [3.8, 4) is 0 Å². The van der Waals surface area contributed by atoms with Crippen LogP contribution in [0.25, 0.3) is 5.57 Å². The van der Waals surface area contributed by atoms with Gasteiger partial charge in [-0.3, -0.25) is 4.90 Å². The van der Waals surface area contributed by atoms with Crippen molar-refractivity contribution in [1.29, 1.82) is 0 Å². The van der Waals surface area contributed by atoms with E-state index < -0.39 is 27.6 Å². The van der Waals surface area contributed by atoms with Crippen LogP contribution in [-0.2, 0) is 14.6 Å². The molecular formula is C22H23ClN2O4S. The summed E-state index contributed by atoms with van der Waals surface area (Å²) >= 11 is 5.94. The molecule has 0 unspecified atom stereocenters. The summed E-state index contributed by atoms with van der Waals surface area (Å²) in [6.07, 6.45) is 2.28. The molecule has 30 heavy (non-hydrogen) atoms. The summed E-state index contributed by atoms with van der Waals surface area (Å²) in [5, 5.41) is 0.318. The molecule has 158 valence electrons. The molecule has 3 heterocycles. The lowest BCUT2D eigenvalue weighted by Crippen LogP contribution is -2.41. The molecule has 1 aromatic heterocycles. The summed E-state index contributed by atoms with van der Waals surface area (Å²) in [4.78, 5) is 19.2. The molecule has 2 atom stereocenters. The Balaban J connectivity index is 1.86. The minimum atomic E-state index is -3.82. The molecule has 1 saturated heterocycles. The van der Waals surface area contributed by atoms with Crippen LogP contribution in [0.1, 0.15) is 39.2 Å². The second-order valence-electron chi connectivity index (χ2n) is 8.46. The molecule has 0 aliphatic carbocycles. The Morgan fingerprint density at radius 1 is 1.10 bits per heavy atom. The van der Waals surface area contributed by atoms with Gasteiger partial charge < -0.3 is 4.74 Å². The zero-order chi connectivity index (χ0) is 21.7. The molecule has 1 fully saturated rings. The van der Waals surface area contributed by atoms with Gasteiger partial charge in [0, 0.05) is 11.8 Å². The van der Waals surface area contributed by atoms with Crippen LogP contribution in [0.3, 0.4) is 0 Å². The van der Waals surface area contributed by atoms with Gasteiger partial charge in [0.1, 0.15) is 10.8 Å². The fourth-order valence-corrected chi connectivity index (χ4v) is 6.20. The maximum absolute atomic E-state index is 13.6. The highest BCUT2D eigenvalue weighted by molar-refractivity contribution is 7.95. The molecular weight excluding hydrogens is 424 g/mol. The standard InChI is InChI=1S/C22H23ClN2O4S/c1-22(2,3)29-21(26)25-16-10-11-17(25)20(19(16)14-9-12-18(23)24-13-14)30(27,28)15-7-5-4-6-8-15/h4-9,12-13,16-17H,10-11H2,1-3H3/t16-,17+/m1/s1. The maximum atomic E-state index is 13.6. The number of rotatable bonds is 3. The topological polar surface area (TPSA) is 76.6 Å². The second-order valence-corrected chi connectivity index (χ2v) is 10.8. The highest BCUT2D eigenvalue weighted by atomic mass is 35.5. The number of amides is 1. The van der Waals surface area contributed by atoms with Crippen molar-refractivity contribution in [2.75, 3.05) is 0 Å². The van der Waals surface area contributed by atoms with Gasteiger partial charge in [-0.1, -0.05) is 29.8 Å². The number of hydrogen-bond donors (Lipinski definition) is 0. The summed E-state index contributed by atoms with van der Waals surface area (Å²) in [5.74, 6) is 0. The van der Waals surface area contributed by atoms with Crippen LogP contribution in [0.15, 0.2) is 58.5 Å². The number of pyridine rings is 1. The van der Waals surface area contributed by atoms with Crippen molar-refractivity contribution in [2.24, 2.45) is 0 Å². The average molecular weight is 447 g/mol. The molecule has 4 rings (SSSR count). The van der Waals surface area contributed by atoms with Crippen molar-refractivity contribution in [2.45, 2.75) is 56.2 Å². The molecule has 2 bridgehead atoms. The van der Waals surface area contributed by atoms with Crippen molar-refractivity contribution in [3.63, 3.8) is 0 Å². The Labute approximate surface area is 181 Å². The van der Waals surface area contributed by atoms with Crippen LogP contribution in [0.2, 0.25) is 5.15 Å². The number of sulfone groups is 1. The fourth-order valence-electron chi connectivity index (χ4n) is 4.19. The molecule has 2 aromatic rings. The number of carbonyl (C=O) groups is 1. The first-order valence-electron chi connectivity index (χ1n) is 9.77. The van der Waals surface area contributed by atoms with Gasteiger partial charge in [-0.05, 0) is 63.4 Å². The molecule has 1 aromatic carbocycles. The van der Waals surface area contributed by atoms with Crippen LogP contribution in [0.5, 0.6) is 0 Å². The predicted octanol–water partition coefficient (Wildman–Crippen LogP) is 4.70. The number of hydrogen-bond acceptors (Lipinski definition) is 5. The molecule has 0 spiro atoms. The Kier molecular flexibility index (Phi) is 5.14. The summed E-state index contributed by atoms with van der Waals surface area (Å²) in [5.41, 5.74) is 0.569. The number of ether oxygens (including phenoxy) is 1. The van der Waals surface area contributed by atoms with E-state index in [-0.39, 0.29) is 15.8 Å². The number of benzene rings is 1. The van der Waals surface area contributed by atoms with Gasteiger partial charge in [-0.15, -0.1) is 0 Å². The summed E-state index contributed by atoms with van der Waals surface area (Å²) in [6, 6.07) is 10.7. The van der Waals surface area contributed by atoms with Gasteiger partial charge in [0.05, 0.1) is 21.9 Å². The third kappa shape index (κ3) is 3.61. The van der Waals surface area contributed by atoms with Gasteiger partial charge in [-0.2, -0.15) is 0 Å². The summed E-state index contributed by atoms with van der Waals surface area (Å²) < 4.78 is 32.9. The van der Waals surface area contributed by atoms with Gasteiger partial charge in [0.2, 0.25) is 9.84 Å². The van der Waals surface area contributed by atoms with Gasteiger partial charge in [0.15, 0.2) is 0 Å². The van der Waals surface area contributed by atoms with Gasteiger partial charge in [0.25, 0.3) is 0 Å². The lowest BCUT2D eigenvalue weighted by Gasteiger charge is -2.28. The Morgan fingerprint density at radius 2 is 1.77 bits per heavy atom. The van der Waals surface area contributed by atoms with E-state index in [9.17, 15) is 13.2 Å². The summed E-state index contributed by atoms with van der Waals surface area (Å²) in [6.45, 7) is 5.38. The van der Waals surface area contributed by atoms with E-state index >= 15 is 0 Å². The second kappa shape index (κ2) is 7.39. The van der Waals surface area contributed by atoms with Crippen LogP contribution in [-0.4, -0.2) is 42.1 Å². The third-order valence-corrected chi connectivity index (χ3v) is 7.46. The van der Waals surface area contributed by atoms with E-state index in [4.69, 9.17) is 16.3 Å². The maximum Gasteiger partial charge on any atom is 0.411 e. The molecule has 0 radical (unpaired) electrons. The van der Waals surface area contributed by atoms with Gasteiger partial charge in [-0.25, -0.2) is 18.2 Å². The predicted molar refractivity (Wildman–Crippen MR) is 115 cm³/mol. The zero-order valence-electron chi connectivity index (χ0n) is 17.0. The smallest absolute Gasteiger partial charge is 0.411 e. The first kappa shape index (κ1) is 20.9. The van der Waals surface area contributed by atoms with Crippen LogP contribution in [0.4, 0.5) is 4.79 Å². The van der Waals surface area contributed by atoms with Crippen LogP contribution in [0, 0.1) is 0 Å². The summed E-state index contributed by atoms with van der Waals surface area (Å²) in [7, 11) is -3.82. The number of fused-ring (bicyclic) bond motifs is 2. The van der Waals surface area contributed by atoms with E-state index in [0.29, 0.717) is 29.1 Å². The van der Waals surface area contributed by atoms with Crippen molar-refractivity contribution in [3.05, 3.63) is 64.3 Å². The van der Waals surface area contributed by atoms with Crippen LogP contribution >= 0.6 is 11.6 Å². The Hall–Kier alpha value is -2.38. The lowest BCUT2D eigenvalue weighted by atomic mass is 9.94. The average Bonchev–Trinajstić information content (AvgIpc) is 3.24. The quantitative estimate of drug-likeness (QED) is 0.638. The number of nitrogens with zero attached hydrogens (tertiary/aromatic N) is 2. The molecule has 6 nitrogen and oxygen atoms in total. The molecule has 0 N–H and O–H groups in total. The molecule has 2 aliphatic rings. The molecule has 8 heteroatoms. The van der Waals surface area contributed by atoms with Crippen LogP contribution < -0.4 is 0 Å². The number of carbonyl (C=O) groups excluding carboxylic acids is 1. The molecule has 0 saturated carbocycles. The van der Waals surface area contributed by atoms with Crippen molar-refractivity contribution in [1.82, 2.24) is 9.88 Å². The van der Waals surface area contributed by atoms with E-state index in [1.807, 2.05) is 0 Å². The zero-order valence-corrected chi connectivity index (χ0v) is 18.6. The molecule has 1 amide bonds. The number of halogens is 1. The van der Waals surface area contributed by atoms with E-state index in [1.54, 1.807) is 74.3 Å². The highest BCUT2D eigenvalue weighted by Gasteiger charge is 2.53. The third-order valence-electron chi connectivity index (χ3n) is 5.27. The van der Waals surface area contributed by atoms with E-state index in [1.165, 1.54) is 0 Å².